The van der Waals surface area contributed by atoms with Crippen LogP contribution in [0.3, 0.4) is 0 Å². The van der Waals surface area contributed by atoms with Crippen molar-refractivity contribution in [2.75, 3.05) is 11.9 Å². The second kappa shape index (κ2) is 11.8. The predicted octanol–water partition coefficient (Wildman–Crippen LogP) is 7.13. The Morgan fingerprint density at radius 2 is 1.71 bits per heavy atom. The number of aryl methyl sites for hydroxylation is 1. The topological polar surface area (TPSA) is 59.6 Å². The highest BCUT2D eigenvalue weighted by Gasteiger charge is 2.27. The molecule has 3 aromatic carbocycles. The summed E-state index contributed by atoms with van der Waals surface area (Å²) in [5.41, 5.74) is 3.74. The van der Waals surface area contributed by atoms with Crippen molar-refractivity contribution in [2.24, 2.45) is 0 Å². The number of hydrogen-bond acceptors (Lipinski definition) is 5. The average Bonchev–Trinajstić information content (AvgIpc) is 3.19. The summed E-state index contributed by atoms with van der Waals surface area (Å²) in [4.78, 5) is 13.2. The van der Waals surface area contributed by atoms with Crippen LogP contribution in [-0.4, -0.2) is 18.0 Å². The number of thioether (sulfide) groups is 1. The Morgan fingerprint density at radius 1 is 0.943 bits per heavy atom. The van der Waals surface area contributed by atoms with Crippen molar-refractivity contribution in [1.82, 2.24) is 5.32 Å². The van der Waals surface area contributed by atoms with Gasteiger partial charge in [0.1, 0.15) is 6.61 Å². The number of halogens is 2. The fourth-order valence-electron chi connectivity index (χ4n) is 3.50. The molecule has 1 fully saturated rings. The molecule has 182 valence electrons. The molecule has 1 saturated heterocycles. The van der Waals surface area contributed by atoms with Crippen LogP contribution in [0.4, 0.5) is 5.69 Å². The van der Waals surface area contributed by atoms with Gasteiger partial charge < -0.3 is 20.1 Å². The van der Waals surface area contributed by atoms with E-state index >= 15 is 0 Å². The Morgan fingerprint density at radius 3 is 2.43 bits per heavy atom. The van der Waals surface area contributed by atoms with Crippen LogP contribution in [0, 0.1) is 0 Å². The van der Waals surface area contributed by atoms with Gasteiger partial charge in [-0.2, -0.15) is 0 Å². The van der Waals surface area contributed by atoms with Gasteiger partial charge in [-0.25, -0.2) is 0 Å². The van der Waals surface area contributed by atoms with Crippen LogP contribution >= 0.6 is 35.0 Å². The molecular weight excluding hydrogens is 503 g/mol. The number of ether oxygens (including phenoxy) is 2. The first kappa shape index (κ1) is 25.3. The van der Waals surface area contributed by atoms with E-state index in [1.807, 2.05) is 49.4 Å². The van der Waals surface area contributed by atoms with Gasteiger partial charge in [0.15, 0.2) is 17.0 Å². The van der Waals surface area contributed by atoms with E-state index in [0.29, 0.717) is 39.7 Å². The van der Waals surface area contributed by atoms with E-state index in [1.165, 1.54) is 17.3 Å². The van der Waals surface area contributed by atoms with E-state index in [1.54, 1.807) is 12.1 Å². The van der Waals surface area contributed by atoms with Crippen molar-refractivity contribution in [1.29, 1.82) is 0 Å². The lowest BCUT2D eigenvalue weighted by Gasteiger charge is -2.13. The van der Waals surface area contributed by atoms with Crippen LogP contribution in [0.1, 0.15) is 30.5 Å². The van der Waals surface area contributed by atoms with E-state index in [9.17, 15) is 4.79 Å². The van der Waals surface area contributed by atoms with Gasteiger partial charge >= 0.3 is 0 Å². The van der Waals surface area contributed by atoms with Crippen molar-refractivity contribution in [3.8, 4) is 11.5 Å². The molecule has 1 amide bonds. The van der Waals surface area contributed by atoms with Crippen LogP contribution in [0.25, 0.3) is 6.08 Å². The maximum absolute atomic E-state index is 12.6. The van der Waals surface area contributed by atoms with Crippen molar-refractivity contribution in [3.05, 3.63) is 92.3 Å². The molecule has 1 heterocycles. The molecule has 4 rings (SSSR count). The van der Waals surface area contributed by atoms with E-state index in [2.05, 4.69) is 29.7 Å². The number of nitrogens with one attached hydrogen (secondary N) is 2. The molecular formula is C27H26Cl2N2O3S. The molecule has 1 aliphatic heterocycles. The van der Waals surface area contributed by atoms with Crippen LogP contribution in [-0.2, 0) is 17.8 Å². The molecule has 0 radical (unpaired) electrons. The first-order valence-corrected chi connectivity index (χ1v) is 13.0. The Hall–Kier alpha value is -2.80. The predicted molar refractivity (Wildman–Crippen MR) is 145 cm³/mol. The quantitative estimate of drug-likeness (QED) is 0.289. The zero-order chi connectivity index (χ0) is 24.8. The largest absolute Gasteiger partial charge is 0.490 e. The van der Waals surface area contributed by atoms with Gasteiger partial charge in [-0.3, -0.25) is 4.79 Å². The summed E-state index contributed by atoms with van der Waals surface area (Å²) < 4.78 is 11.8. The number of carbonyl (C=O) groups excluding carboxylic acids is 1. The van der Waals surface area contributed by atoms with Gasteiger partial charge in [-0.1, -0.05) is 66.2 Å². The summed E-state index contributed by atoms with van der Waals surface area (Å²) in [5, 5.41) is 7.30. The molecule has 0 aromatic heterocycles. The first-order valence-electron chi connectivity index (χ1n) is 11.3. The molecule has 0 aliphatic carbocycles. The molecule has 3 aromatic rings. The van der Waals surface area contributed by atoms with Gasteiger partial charge in [0.25, 0.3) is 5.91 Å². The molecule has 35 heavy (non-hydrogen) atoms. The highest BCUT2D eigenvalue weighted by molar-refractivity contribution is 8.05. The van der Waals surface area contributed by atoms with Crippen molar-refractivity contribution in [2.45, 2.75) is 32.4 Å². The highest BCUT2D eigenvalue weighted by atomic mass is 35.5. The fourth-order valence-corrected chi connectivity index (χ4v) is 4.80. The molecule has 0 unspecified atom stereocenters. The summed E-state index contributed by atoms with van der Waals surface area (Å²) in [5.74, 6) is 1.10. The fraction of sp³-hybridized carbons (Fsp3) is 0.222. The Balaban J connectivity index is 1.44. The molecule has 2 N–H and O–H groups in total. The maximum Gasteiger partial charge on any atom is 0.260 e. The summed E-state index contributed by atoms with van der Waals surface area (Å²) in [7, 11) is 0. The Labute approximate surface area is 219 Å². The van der Waals surface area contributed by atoms with E-state index in [0.717, 1.165) is 23.2 Å². The van der Waals surface area contributed by atoms with Crippen LogP contribution < -0.4 is 20.1 Å². The van der Waals surface area contributed by atoms with Crippen LogP contribution in [0.15, 0.2) is 65.6 Å². The standard InChI is InChI=1S/C27H26Cl2N2O3S/c1-3-17-5-9-20(10-6-17)30-27-31-26(32)25(35-27)15-18-8-12-23(24(14-18)33-4-2)34-16-19-7-11-21(28)22(29)13-19/h5-15,27,30H,3-4,16H2,1-2H3,(H,31,32)/b25-15-/t27-/m0/s1. The van der Waals surface area contributed by atoms with Gasteiger partial charge in [0.05, 0.1) is 21.6 Å². The lowest BCUT2D eigenvalue weighted by molar-refractivity contribution is -0.116. The Bertz CT molecular complexity index is 1230. The number of benzene rings is 3. The summed E-state index contributed by atoms with van der Waals surface area (Å²) in [6, 6.07) is 19.2. The number of carbonyl (C=O) groups is 1. The summed E-state index contributed by atoms with van der Waals surface area (Å²) >= 11 is 13.5. The number of rotatable bonds is 9. The monoisotopic (exact) mass is 528 g/mol. The highest BCUT2D eigenvalue weighted by Crippen LogP contribution is 2.34. The van der Waals surface area contributed by atoms with Crippen LogP contribution in [0.2, 0.25) is 10.0 Å². The Kier molecular flexibility index (Phi) is 8.50. The van der Waals surface area contributed by atoms with Crippen LogP contribution in [0.5, 0.6) is 11.5 Å². The lowest BCUT2D eigenvalue weighted by atomic mass is 10.1. The van der Waals surface area contributed by atoms with Crippen molar-refractivity contribution in [3.63, 3.8) is 0 Å². The zero-order valence-electron chi connectivity index (χ0n) is 19.4. The van der Waals surface area contributed by atoms with Gasteiger partial charge in [0.2, 0.25) is 0 Å². The molecule has 5 nitrogen and oxygen atoms in total. The smallest absolute Gasteiger partial charge is 0.260 e. The third-order valence-corrected chi connectivity index (χ3v) is 7.10. The molecule has 1 aliphatic rings. The number of amides is 1. The van der Waals surface area contributed by atoms with Crippen molar-refractivity contribution >= 4 is 52.6 Å². The minimum absolute atomic E-state index is 0.115. The molecule has 8 heteroatoms. The molecule has 0 spiro atoms. The SMILES string of the molecule is CCOc1cc(/C=C2\S[C@@H](Nc3ccc(CC)cc3)NC2=O)ccc1OCc1ccc(Cl)c(Cl)c1. The lowest BCUT2D eigenvalue weighted by Crippen LogP contribution is -2.30. The van der Waals surface area contributed by atoms with E-state index in [-0.39, 0.29) is 11.4 Å². The average molecular weight is 529 g/mol. The normalized spacial score (nSPS) is 16.3. The maximum atomic E-state index is 12.6. The number of hydrogen-bond donors (Lipinski definition) is 2. The zero-order valence-corrected chi connectivity index (χ0v) is 21.8. The third kappa shape index (κ3) is 6.66. The van der Waals surface area contributed by atoms with Crippen molar-refractivity contribution < 1.29 is 14.3 Å². The van der Waals surface area contributed by atoms with Gasteiger partial charge in [-0.15, -0.1) is 0 Å². The third-order valence-electron chi connectivity index (χ3n) is 5.33. The molecule has 0 bridgehead atoms. The molecule has 0 saturated carbocycles. The van der Waals surface area contributed by atoms with E-state index < -0.39 is 0 Å². The minimum atomic E-state index is -0.235. The second-order valence-corrected chi connectivity index (χ2v) is 9.81. The minimum Gasteiger partial charge on any atom is -0.490 e. The van der Waals surface area contributed by atoms with Gasteiger partial charge in [-0.05, 0) is 72.5 Å². The molecule has 1 atom stereocenters. The van der Waals surface area contributed by atoms with E-state index in [4.69, 9.17) is 32.7 Å². The number of anilines is 1. The second-order valence-electron chi connectivity index (χ2n) is 7.85. The first-order chi connectivity index (χ1) is 16.9. The summed E-state index contributed by atoms with van der Waals surface area (Å²) in [6.07, 6.45) is 2.85. The summed E-state index contributed by atoms with van der Waals surface area (Å²) in [6.45, 7) is 4.85. The van der Waals surface area contributed by atoms with Gasteiger partial charge in [0, 0.05) is 5.69 Å².